The second-order valence-electron chi connectivity index (χ2n) is 7.12. The van der Waals surface area contributed by atoms with Crippen LogP contribution in [-0.4, -0.2) is 42.3 Å². The van der Waals surface area contributed by atoms with Crippen LogP contribution in [0.5, 0.6) is 0 Å². The summed E-state index contributed by atoms with van der Waals surface area (Å²) in [5, 5.41) is 0. The maximum Gasteiger partial charge on any atom is 0.275 e. The van der Waals surface area contributed by atoms with Gasteiger partial charge in [-0.25, -0.2) is 9.97 Å². The van der Waals surface area contributed by atoms with Crippen molar-refractivity contribution in [2.24, 2.45) is 0 Å². The molecule has 0 saturated carbocycles. The highest BCUT2D eigenvalue weighted by Crippen LogP contribution is 2.34. The molecule has 1 aromatic carbocycles. The van der Waals surface area contributed by atoms with Gasteiger partial charge < -0.3 is 14.9 Å². The van der Waals surface area contributed by atoms with E-state index in [9.17, 15) is 4.79 Å². The summed E-state index contributed by atoms with van der Waals surface area (Å²) in [4.78, 5) is 35.2. The highest BCUT2D eigenvalue weighted by molar-refractivity contribution is 5.94. The number of fused-ring (bicyclic) bond motifs is 1. The minimum atomic E-state index is -0.267. The zero-order valence-corrected chi connectivity index (χ0v) is 16.0. The summed E-state index contributed by atoms with van der Waals surface area (Å²) >= 11 is 0. The third-order valence-electron chi connectivity index (χ3n) is 5.34. The number of aromatic nitrogens is 5. The van der Waals surface area contributed by atoms with Crippen molar-refractivity contribution in [3.05, 3.63) is 89.5 Å². The van der Waals surface area contributed by atoms with Crippen molar-refractivity contribution < 1.29 is 4.79 Å². The highest BCUT2D eigenvalue weighted by Gasteiger charge is 2.36. The van der Waals surface area contributed by atoms with Gasteiger partial charge in [0.05, 0.1) is 12.0 Å². The molecule has 5 rings (SSSR count). The molecule has 4 aromatic rings. The predicted molar refractivity (Wildman–Crippen MR) is 108 cm³/mol. The molecule has 0 fully saturated rings. The van der Waals surface area contributed by atoms with Crippen LogP contribution < -0.4 is 0 Å². The van der Waals surface area contributed by atoms with Crippen molar-refractivity contribution in [1.82, 2.24) is 29.8 Å². The fourth-order valence-electron chi connectivity index (χ4n) is 3.92. The van der Waals surface area contributed by atoms with E-state index >= 15 is 0 Å². The number of rotatable bonds is 3. The first-order chi connectivity index (χ1) is 14.2. The molecule has 144 valence electrons. The molecule has 0 unspecified atom stereocenters. The van der Waals surface area contributed by atoms with Crippen molar-refractivity contribution in [2.75, 3.05) is 6.54 Å². The molecule has 1 aliphatic rings. The van der Waals surface area contributed by atoms with E-state index in [0.29, 0.717) is 18.1 Å². The van der Waals surface area contributed by atoms with E-state index < -0.39 is 0 Å². The Morgan fingerprint density at radius 2 is 1.93 bits per heavy atom. The van der Waals surface area contributed by atoms with Gasteiger partial charge in [0.1, 0.15) is 17.6 Å². The van der Waals surface area contributed by atoms with Gasteiger partial charge in [-0.3, -0.25) is 9.78 Å². The van der Waals surface area contributed by atoms with Gasteiger partial charge in [0.25, 0.3) is 5.91 Å². The maximum absolute atomic E-state index is 13.6. The lowest BCUT2D eigenvalue weighted by molar-refractivity contribution is 0.0684. The van der Waals surface area contributed by atoms with Gasteiger partial charge in [0, 0.05) is 42.3 Å². The summed E-state index contributed by atoms with van der Waals surface area (Å²) in [5.41, 5.74) is 5.09. The number of nitrogens with zero attached hydrogens (tertiary/aromatic N) is 4. The monoisotopic (exact) mass is 384 g/mol. The van der Waals surface area contributed by atoms with Crippen molar-refractivity contribution in [2.45, 2.75) is 19.4 Å². The van der Waals surface area contributed by atoms with Crippen LogP contribution in [0.1, 0.15) is 39.2 Å². The summed E-state index contributed by atoms with van der Waals surface area (Å²) < 4.78 is 0. The van der Waals surface area contributed by atoms with E-state index in [1.165, 1.54) is 0 Å². The van der Waals surface area contributed by atoms with Crippen LogP contribution in [0, 0.1) is 6.92 Å². The maximum atomic E-state index is 13.6. The van der Waals surface area contributed by atoms with Crippen LogP contribution >= 0.6 is 0 Å². The molecule has 0 bridgehead atoms. The van der Waals surface area contributed by atoms with E-state index in [1.807, 2.05) is 54.3 Å². The SMILES string of the molecule is Cc1[nH]c(-c2ccccc2)nc1C(=O)N1CCc2[nH]cnc2[C@H]1c1ccncc1. The molecule has 3 aromatic heterocycles. The highest BCUT2D eigenvalue weighted by atomic mass is 16.2. The largest absolute Gasteiger partial charge is 0.348 e. The molecule has 7 heteroatoms. The fraction of sp³-hybridized carbons (Fsp3) is 0.182. The summed E-state index contributed by atoms with van der Waals surface area (Å²) in [6.45, 7) is 2.48. The van der Waals surface area contributed by atoms with E-state index in [-0.39, 0.29) is 11.9 Å². The first kappa shape index (κ1) is 17.4. The number of pyridine rings is 1. The Labute approximate surface area is 167 Å². The molecule has 0 radical (unpaired) electrons. The number of carbonyl (C=O) groups excluding carboxylic acids is 1. The lowest BCUT2D eigenvalue weighted by Gasteiger charge is -2.35. The van der Waals surface area contributed by atoms with Crippen LogP contribution in [0.3, 0.4) is 0 Å². The lowest BCUT2D eigenvalue weighted by Crippen LogP contribution is -2.41. The summed E-state index contributed by atoms with van der Waals surface area (Å²) in [6.07, 6.45) is 5.91. The molecular weight excluding hydrogens is 364 g/mol. The molecule has 0 saturated heterocycles. The predicted octanol–water partition coefficient (Wildman–Crippen LogP) is 3.29. The van der Waals surface area contributed by atoms with Gasteiger partial charge in [0.2, 0.25) is 0 Å². The summed E-state index contributed by atoms with van der Waals surface area (Å²) in [6, 6.07) is 13.4. The minimum Gasteiger partial charge on any atom is -0.348 e. The van der Waals surface area contributed by atoms with Gasteiger partial charge in [0.15, 0.2) is 0 Å². The molecular formula is C22H20N6O. The number of amides is 1. The van der Waals surface area contributed by atoms with E-state index in [1.54, 1.807) is 18.7 Å². The van der Waals surface area contributed by atoms with Crippen molar-refractivity contribution in [1.29, 1.82) is 0 Å². The molecule has 29 heavy (non-hydrogen) atoms. The number of H-pyrrole nitrogens is 2. The van der Waals surface area contributed by atoms with Gasteiger partial charge in [-0.05, 0) is 24.6 Å². The number of carbonyl (C=O) groups is 1. The summed E-state index contributed by atoms with van der Waals surface area (Å²) in [5.74, 6) is 0.598. The van der Waals surface area contributed by atoms with E-state index in [2.05, 4.69) is 24.9 Å². The first-order valence-corrected chi connectivity index (χ1v) is 9.57. The molecule has 1 amide bonds. The Morgan fingerprint density at radius 1 is 1.14 bits per heavy atom. The number of aromatic amines is 2. The molecule has 1 atom stereocenters. The Kier molecular flexibility index (Phi) is 4.20. The third kappa shape index (κ3) is 3.00. The number of imidazole rings is 2. The first-order valence-electron chi connectivity index (χ1n) is 9.57. The van der Waals surface area contributed by atoms with E-state index in [4.69, 9.17) is 0 Å². The Morgan fingerprint density at radius 3 is 2.72 bits per heavy atom. The number of hydrogen-bond donors (Lipinski definition) is 2. The Bertz CT molecular complexity index is 1150. The van der Waals surface area contributed by atoms with Crippen LogP contribution in [-0.2, 0) is 6.42 Å². The normalized spacial score (nSPS) is 15.9. The second-order valence-corrected chi connectivity index (χ2v) is 7.12. The fourth-order valence-corrected chi connectivity index (χ4v) is 3.92. The lowest BCUT2D eigenvalue weighted by atomic mass is 9.96. The number of nitrogens with one attached hydrogen (secondary N) is 2. The average Bonchev–Trinajstić information content (AvgIpc) is 3.40. The zero-order chi connectivity index (χ0) is 19.8. The van der Waals surface area contributed by atoms with Crippen LogP contribution in [0.25, 0.3) is 11.4 Å². The zero-order valence-electron chi connectivity index (χ0n) is 16.0. The molecule has 4 heterocycles. The second kappa shape index (κ2) is 7.01. The Balaban J connectivity index is 1.55. The van der Waals surface area contributed by atoms with Crippen LogP contribution in [0.4, 0.5) is 0 Å². The summed E-state index contributed by atoms with van der Waals surface area (Å²) in [7, 11) is 0. The Hall–Kier alpha value is -3.74. The van der Waals surface area contributed by atoms with Gasteiger partial charge in [-0.15, -0.1) is 0 Å². The minimum absolute atomic E-state index is 0.101. The van der Waals surface area contributed by atoms with Crippen molar-refractivity contribution >= 4 is 5.91 Å². The van der Waals surface area contributed by atoms with Crippen molar-refractivity contribution in [3.63, 3.8) is 0 Å². The smallest absolute Gasteiger partial charge is 0.275 e. The van der Waals surface area contributed by atoms with E-state index in [0.717, 1.165) is 34.6 Å². The third-order valence-corrected chi connectivity index (χ3v) is 5.34. The van der Waals surface area contributed by atoms with Gasteiger partial charge >= 0.3 is 0 Å². The standard InChI is InChI=1S/C22H20N6O/c1-14-18(27-21(26-14)16-5-3-2-4-6-16)22(29)28-12-9-17-19(25-13-24-17)20(28)15-7-10-23-11-8-15/h2-8,10-11,13,20H,9,12H2,1H3,(H,24,25)(H,26,27)/t20-/m1/s1. The molecule has 0 aliphatic carbocycles. The number of aryl methyl sites for hydroxylation is 1. The number of hydrogen-bond acceptors (Lipinski definition) is 4. The quantitative estimate of drug-likeness (QED) is 0.567. The molecule has 1 aliphatic heterocycles. The average molecular weight is 384 g/mol. The molecule has 7 nitrogen and oxygen atoms in total. The van der Waals surface area contributed by atoms with Crippen LogP contribution in [0.15, 0.2) is 61.2 Å². The van der Waals surface area contributed by atoms with Crippen molar-refractivity contribution in [3.8, 4) is 11.4 Å². The topological polar surface area (TPSA) is 90.6 Å². The molecule has 2 N–H and O–H groups in total. The molecule has 0 spiro atoms. The van der Waals surface area contributed by atoms with Gasteiger partial charge in [-0.1, -0.05) is 30.3 Å². The number of benzene rings is 1. The van der Waals surface area contributed by atoms with Crippen LogP contribution in [0.2, 0.25) is 0 Å². The van der Waals surface area contributed by atoms with Gasteiger partial charge in [-0.2, -0.15) is 0 Å².